The van der Waals surface area contributed by atoms with E-state index in [1.165, 1.54) is 0 Å². The van der Waals surface area contributed by atoms with Gasteiger partial charge in [-0.25, -0.2) is 9.50 Å². The molecule has 0 saturated heterocycles. The summed E-state index contributed by atoms with van der Waals surface area (Å²) in [4.78, 5) is 20.3. The number of hydrogen-bond donors (Lipinski definition) is 1. The third-order valence-electron chi connectivity index (χ3n) is 2.72. The van der Waals surface area contributed by atoms with Crippen LogP contribution in [0.4, 0.5) is 5.69 Å². The minimum absolute atomic E-state index is 0.102. The fourth-order valence-corrected chi connectivity index (χ4v) is 2.30. The molecule has 0 unspecified atom stereocenters. The Kier molecular flexibility index (Phi) is 3.35. The van der Waals surface area contributed by atoms with Crippen LogP contribution in [0.15, 0.2) is 36.5 Å². The fraction of sp³-hybridized carbons (Fsp3) is 0.0769. The van der Waals surface area contributed by atoms with Gasteiger partial charge in [-0.3, -0.25) is 4.79 Å². The van der Waals surface area contributed by atoms with Crippen molar-refractivity contribution in [2.45, 2.75) is 6.92 Å². The van der Waals surface area contributed by atoms with Crippen LogP contribution in [0.3, 0.4) is 0 Å². The van der Waals surface area contributed by atoms with Crippen LogP contribution in [0.2, 0.25) is 0 Å². The minimum atomic E-state index is -0.350. The monoisotopic (exact) mass is 379 g/mol. The molecule has 2 aromatic heterocycles. The van der Waals surface area contributed by atoms with Crippen LogP contribution in [-0.4, -0.2) is 25.5 Å². The lowest BCUT2D eigenvalue weighted by molar-refractivity contribution is 0.101. The van der Waals surface area contributed by atoms with Gasteiger partial charge in [-0.1, -0.05) is 6.07 Å². The van der Waals surface area contributed by atoms with Crippen molar-refractivity contribution < 1.29 is 4.79 Å². The van der Waals surface area contributed by atoms with Gasteiger partial charge in [0, 0.05) is 21.1 Å². The van der Waals surface area contributed by atoms with Crippen LogP contribution in [0, 0.1) is 10.5 Å². The SMILES string of the molecule is Cc1ccnc2nc(C(=O)Nc3cccc(I)c3)nn12. The zero-order chi connectivity index (χ0) is 14.1. The zero-order valence-corrected chi connectivity index (χ0v) is 12.7. The van der Waals surface area contributed by atoms with Crippen LogP contribution >= 0.6 is 22.6 Å². The first-order chi connectivity index (χ1) is 9.63. The van der Waals surface area contributed by atoms with E-state index in [0.717, 1.165) is 9.26 Å². The molecule has 3 aromatic rings. The van der Waals surface area contributed by atoms with Crippen molar-refractivity contribution >= 4 is 40.0 Å². The molecule has 20 heavy (non-hydrogen) atoms. The maximum absolute atomic E-state index is 12.1. The van der Waals surface area contributed by atoms with E-state index in [1.807, 2.05) is 37.3 Å². The Labute approximate surface area is 128 Å². The molecule has 3 rings (SSSR count). The highest BCUT2D eigenvalue weighted by Crippen LogP contribution is 2.13. The smallest absolute Gasteiger partial charge is 0.295 e. The summed E-state index contributed by atoms with van der Waals surface area (Å²) in [5, 5.41) is 6.93. The van der Waals surface area contributed by atoms with Crippen molar-refractivity contribution in [3.8, 4) is 0 Å². The predicted octanol–water partition coefficient (Wildman–Crippen LogP) is 2.29. The van der Waals surface area contributed by atoms with Crippen molar-refractivity contribution in [1.29, 1.82) is 0 Å². The van der Waals surface area contributed by atoms with Gasteiger partial charge in [-0.05, 0) is 53.8 Å². The molecule has 100 valence electrons. The summed E-state index contributed by atoms with van der Waals surface area (Å²) in [6, 6.07) is 9.33. The van der Waals surface area contributed by atoms with Crippen molar-refractivity contribution in [1.82, 2.24) is 19.6 Å². The summed E-state index contributed by atoms with van der Waals surface area (Å²) in [7, 11) is 0. The average molecular weight is 379 g/mol. The molecule has 0 spiro atoms. The van der Waals surface area contributed by atoms with Gasteiger partial charge in [0.15, 0.2) is 0 Å². The van der Waals surface area contributed by atoms with Crippen molar-refractivity contribution in [2.24, 2.45) is 0 Å². The van der Waals surface area contributed by atoms with Gasteiger partial charge in [-0.2, -0.15) is 4.98 Å². The number of carbonyl (C=O) groups excluding carboxylic acids is 1. The molecule has 0 aliphatic heterocycles. The topological polar surface area (TPSA) is 72.2 Å². The van der Waals surface area contributed by atoms with Gasteiger partial charge in [0.1, 0.15) is 0 Å². The molecule has 0 aliphatic carbocycles. The molecule has 1 aromatic carbocycles. The first kappa shape index (κ1) is 13.0. The molecule has 2 heterocycles. The Balaban J connectivity index is 1.91. The summed E-state index contributed by atoms with van der Waals surface area (Å²) < 4.78 is 2.59. The molecule has 1 N–H and O–H groups in total. The summed E-state index contributed by atoms with van der Waals surface area (Å²) in [5.74, 6) is 0.167. The zero-order valence-electron chi connectivity index (χ0n) is 10.5. The second-order valence-corrected chi connectivity index (χ2v) is 5.44. The molecule has 0 radical (unpaired) electrons. The highest BCUT2D eigenvalue weighted by atomic mass is 127. The summed E-state index contributed by atoms with van der Waals surface area (Å²) >= 11 is 2.19. The maximum atomic E-state index is 12.1. The van der Waals surface area contributed by atoms with Gasteiger partial charge in [0.25, 0.3) is 11.7 Å². The second kappa shape index (κ2) is 5.16. The van der Waals surface area contributed by atoms with Gasteiger partial charge in [0.2, 0.25) is 5.82 Å². The van der Waals surface area contributed by atoms with Crippen LogP contribution < -0.4 is 5.32 Å². The lowest BCUT2D eigenvalue weighted by atomic mass is 10.3. The number of halogens is 1. The highest BCUT2D eigenvalue weighted by Gasteiger charge is 2.14. The number of nitrogens with zero attached hydrogens (tertiary/aromatic N) is 4. The fourth-order valence-electron chi connectivity index (χ4n) is 1.76. The Morgan fingerprint density at radius 1 is 1.35 bits per heavy atom. The first-order valence-electron chi connectivity index (χ1n) is 5.89. The molecule has 0 aliphatic rings. The first-order valence-corrected chi connectivity index (χ1v) is 6.97. The largest absolute Gasteiger partial charge is 0.319 e. The number of nitrogens with one attached hydrogen (secondary N) is 1. The summed E-state index contributed by atoms with van der Waals surface area (Å²) in [6.07, 6.45) is 1.64. The minimum Gasteiger partial charge on any atom is -0.319 e. The van der Waals surface area contributed by atoms with Crippen molar-refractivity contribution in [2.75, 3.05) is 5.32 Å². The highest BCUT2D eigenvalue weighted by molar-refractivity contribution is 14.1. The lowest BCUT2D eigenvalue weighted by Crippen LogP contribution is -2.14. The van der Waals surface area contributed by atoms with E-state index in [0.29, 0.717) is 11.5 Å². The number of aryl methyl sites for hydroxylation is 1. The van der Waals surface area contributed by atoms with Crippen molar-refractivity contribution in [3.05, 3.63) is 51.6 Å². The number of fused-ring (bicyclic) bond motifs is 1. The second-order valence-electron chi connectivity index (χ2n) is 4.20. The molecule has 0 bridgehead atoms. The third kappa shape index (κ3) is 2.48. The summed E-state index contributed by atoms with van der Waals surface area (Å²) in [5.41, 5.74) is 1.58. The van der Waals surface area contributed by atoms with Gasteiger partial charge in [0.05, 0.1) is 0 Å². The Bertz CT molecular complexity index is 798. The van der Waals surface area contributed by atoms with Crippen LogP contribution in [0.5, 0.6) is 0 Å². The molecule has 0 fully saturated rings. The van der Waals surface area contributed by atoms with Crippen LogP contribution in [-0.2, 0) is 0 Å². The number of rotatable bonds is 2. The van der Waals surface area contributed by atoms with E-state index in [-0.39, 0.29) is 11.7 Å². The van der Waals surface area contributed by atoms with Gasteiger partial charge in [-0.15, -0.1) is 5.10 Å². The molecule has 1 amide bonds. The van der Waals surface area contributed by atoms with E-state index in [9.17, 15) is 4.79 Å². The number of amides is 1. The normalized spacial score (nSPS) is 10.7. The van der Waals surface area contributed by atoms with E-state index in [1.54, 1.807) is 10.7 Å². The van der Waals surface area contributed by atoms with E-state index in [4.69, 9.17) is 0 Å². The van der Waals surface area contributed by atoms with Crippen LogP contribution in [0.25, 0.3) is 5.78 Å². The Morgan fingerprint density at radius 2 is 2.20 bits per heavy atom. The van der Waals surface area contributed by atoms with Gasteiger partial charge < -0.3 is 5.32 Å². The molecule has 0 saturated carbocycles. The molecule has 0 atom stereocenters. The number of anilines is 1. The standard InChI is InChI=1S/C13H10IN5O/c1-8-5-6-15-13-17-11(18-19(8)13)12(20)16-10-4-2-3-9(14)7-10/h2-7H,1H3,(H,16,20). The van der Waals surface area contributed by atoms with E-state index >= 15 is 0 Å². The average Bonchev–Trinajstić information content (AvgIpc) is 2.84. The number of benzene rings is 1. The third-order valence-corrected chi connectivity index (χ3v) is 3.39. The Morgan fingerprint density at radius 3 is 2.95 bits per heavy atom. The quantitative estimate of drug-likeness (QED) is 0.694. The maximum Gasteiger partial charge on any atom is 0.295 e. The van der Waals surface area contributed by atoms with E-state index < -0.39 is 0 Å². The molecule has 7 heteroatoms. The van der Waals surface area contributed by atoms with Crippen LogP contribution in [0.1, 0.15) is 16.3 Å². The van der Waals surface area contributed by atoms with E-state index in [2.05, 4.69) is 43.0 Å². The number of aromatic nitrogens is 4. The lowest BCUT2D eigenvalue weighted by Gasteiger charge is -2.02. The molecule has 6 nitrogen and oxygen atoms in total. The predicted molar refractivity (Wildman–Crippen MR) is 82.6 cm³/mol. The van der Waals surface area contributed by atoms with Gasteiger partial charge >= 0.3 is 0 Å². The number of carbonyl (C=O) groups is 1. The molecular formula is C13H10IN5O. The summed E-state index contributed by atoms with van der Waals surface area (Å²) in [6.45, 7) is 1.88. The number of hydrogen-bond acceptors (Lipinski definition) is 4. The van der Waals surface area contributed by atoms with Crippen molar-refractivity contribution in [3.63, 3.8) is 0 Å². The molecular weight excluding hydrogens is 369 g/mol. The Hall–Kier alpha value is -2.03.